The Balaban J connectivity index is 1.96. The van der Waals surface area contributed by atoms with E-state index in [1.807, 2.05) is 12.4 Å². The predicted octanol–water partition coefficient (Wildman–Crippen LogP) is 3.75. The molecule has 0 aliphatic carbocycles. The van der Waals surface area contributed by atoms with Crippen LogP contribution in [0, 0.1) is 0 Å². The van der Waals surface area contributed by atoms with Gasteiger partial charge in [-0.1, -0.05) is 37.3 Å². The second-order valence-electron chi connectivity index (χ2n) is 4.96. The summed E-state index contributed by atoms with van der Waals surface area (Å²) in [6.45, 7) is 4.45. The highest BCUT2D eigenvalue weighted by Gasteiger charge is 2.12. The third kappa shape index (κ3) is 4.18. The van der Waals surface area contributed by atoms with Gasteiger partial charge in [-0.05, 0) is 43.0 Å². The zero-order chi connectivity index (χ0) is 13.5. The van der Waals surface area contributed by atoms with Gasteiger partial charge in [-0.3, -0.25) is 4.98 Å². The van der Waals surface area contributed by atoms with E-state index in [9.17, 15) is 0 Å². The molecule has 0 spiro atoms. The number of hydrogen-bond donors (Lipinski definition) is 1. The molecule has 0 saturated carbocycles. The summed E-state index contributed by atoms with van der Waals surface area (Å²) in [6, 6.07) is 15.7. The molecule has 2 heteroatoms. The molecule has 2 rings (SSSR count). The van der Waals surface area contributed by atoms with Crippen molar-refractivity contribution in [2.24, 2.45) is 0 Å². The van der Waals surface area contributed by atoms with E-state index in [-0.39, 0.29) is 0 Å². The summed E-state index contributed by atoms with van der Waals surface area (Å²) >= 11 is 0. The lowest BCUT2D eigenvalue weighted by Gasteiger charge is -2.22. The third-order valence-corrected chi connectivity index (χ3v) is 3.51. The molecule has 19 heavy (non-hydrogen) atoms. The van der Waals surface area contributed by atoms with Gasteiger partial charge < -0.3 is 5.32 Å². The molecule has 0 aliphatic heterocycles. The minimum atomic E-state index is 0.358. The van der Waals surface area contributed by atoms with Gasteiger partial charge in [-0.15, -0.1) is 0 Å². The van der Waals surface area contributed by atoms with Crippen molar-refractivity contribution in [2.45, 2.75) is 38.8 Å². The van der Waals surface area contributed by atoms with Crippen molar-refractivity contribution in [3.63, 3.8) is 0 Å². The minimum absolute atomic E-state index is 0.358. The molecular weight excluding hydrogens is 232 g/mol. The average molecular weight is 254 g/mol. The van der Waals surface area contributed by atoms with Gasteiger partial charge in [-0.25, -0.2) is 0 Å². The summed E-state index contributed by atoms with van der Waals surface area (Å²) in [5.41, 5.74) is 2.69. The van der Waals surface area contributed by atoms with Gasteiger partial charge in [0, 0.05) is 24.5 Å². The fourth-order valence-corrected chi connectivity index (χ4v) is 2.32. The number of pyridine rings is 1. The second-order valence-corrected chi connectivity index (χ2v) is 4.96. The molecule has 2 aromatic rings. The molecule has 2 atom stereocenters. The van der Waals surface area contributed by atoms with Crippen LogP contribution in [0.2, 0.25) is 0 Å². The summed E-state index contributed by atoms with van der Waals surface area (Å²) in [5, 5.41) is 3.70. The lowest BCUT2D eigenvalue weighted by atomic mass is 10.0. The van der Waals surface area contributed by atoms with Crippen LogP contribution in [-0.2, 0) is 6.42 Å². The van der Waals surface area contributed by atoms with Gasteiger partial charge in [0.25, 0.3) is 0 Å². The van der Waals surface area contributed by atoms with E-state index < -0.39 is 0 Å². The molecule has 0 amide bonds. The molecule has 100 valence electrons. The first kappa shape index (κ1) is 13.8. The number of nitrogens with one attached hydrogen (secondary N) is 1. The second kappa shape index (κ2) is 7.05. The number of aromatic nitrogens is 1. The highest BCUT2D eigenvalue weighted by molar-refractivity contribution is 5.17. The van der Waals surface area contributed by atoms with Crippen LogP contribution in [0.25, 0.3) is 0 Å². The molecule has 0 fully saturated rings. The van der Waals surface area contributed by atoms with Crippen LogP contribution in [0.1, 0.15) is 37.4 Å². The Morgan fingerprint density at radius 3 is 2.37 bits per heavy atom. The lowest BCUT2D eigenvalue weighted by molar-refractivity contribution is 0.440. The van der Waals surface area contributed by atoms with E-state index in [0.29, 0.717) is 12.1 Å². The molecule has 0 saturated heterocycles. The van der Waals surface area contributed by atoms with Crippen molar-refractivity contribution in [1.82, 2.24) is 10.3 Å². The molecule has 1 N–H and O–H groups in total. The summed E-state index contributed by atoms with van der Waals surface area (Å²) in [6.07, 6.45) is 5.91. The third-order valence-electron chi connectivity index (χ3n) is 3.51. The van der Waals surface area contributed by atoms with Crippen molar-refractivity contribution in [3.8, 4) is 0 Å². The van der Waals surface area contributed by atoms with Crippen molar-refractivity contribution in [2.75, 3.05) is 0 Å². The van der Waals surface area contributed by atoms with E-state index in [0.717, 1.165) is 12.8 Å². The molecular formula is C17H22N2. The van der Waals surface area contributed by atoms with Crippen LogP contribution in [0.3, 0.4) is 0 Å². The normalized spacial score (nSPS) is 14.0. The first-order valence-corrected chi connectivity index (χ1v) is 6.99. The lowest BCUT2D eigenvalue weighted by Crippen LogP contribution is -2.32. The van der Waals surface area contributed by atoms with Crippen LogP contribution in [0.4, 0.5) is 0 Å². The van der Waals surface area contributed by atoms with Gasteiger partial charge in [0.15, 0.2) is 0 Å². The van der Waals surface area contributed by atoms with Crippen LogP contribution in [-0.4, -0.2) is 11.0 Å². The maximum absolute atomic E-state index is 4.07. The first-order chi connectivity index (χ1) is 9.29. The molecule has 2 nitrogen and oxygen atoms in total. The molecule has 1 heterocycles. The van der Waals surface area contributed by atoms with E-state index in [1.54, 1.807) is 0 Å². The van der Waals surface area contributed by atoms with Gasteiger partial charge in [-0.2, -0.15) is 0 Å². The monoisotopic (exact) mass is 254 g/mol. The number of benzene rings is 1. The molecule has 0 bridgehead atoms. The maximum atomic E-state index is 4.07. The molecule has 1 aromatic heterocycles. The summed E-state index contributed by atoms with van der Waals surface area (Å²) < 4.78 is 0. The average Bonchev–Trinajstić information content (AvgIpc) is 2.48. The largest absolute Gasteiger partial charge is 0.307 e. The summed E-state index contributed by atoms with van der Waals surface area (Å²) in [5.74, 6) is 0. The number of nitrogens with zero attached hydrogens (tertiary/aromatic N) is 1. The van der Waals surface area contributed by atoms with E-state index >= 15 is 0 Å². The molecule has 1 aromatic carbocycles. The molecule has 2 unspecified atom stereocenters. The van der Waals surface area contributed by atoms with E-state index in [1.165, 1.54) is 11.1 Å². The minimum Gasteiger partial charge on any atom is -0.307 e. The quantitative estimate of drug-likeness (QED) is 0.849. The summed E-state index contributed by atoms with van der Waals surface area (Å²) in [7, 11) is 0. The highest BCUT2D eigenvalue weighted by Crippen LogP contribution is 2.14. The Hall–Kier alpha value is -1.67. The standard InChI is InChI=1S/C17H22N2/c1-3-17(13-15-7-5-4-6-8-15)19-14(2)16-9-11-18-12-10-16/h4-12,14,17,19H,3,13H2,1-2H3. The zero-order valence-electron chi connectivity index (χ0n) is 11.7. The van der Waals surface area contributed by atoms with Crippen molar-refractivity contribution in [3.05, 3.63) is 66.0 Å². The van der Waals surface area contributed by atoms with Crippen LogP contribution >= 0.6 is 0 Å². The zero-order valence-corrected chi connectivity index (χ0v) is 11.7. The maximum Gasteiger partial charge on any atom is 0.0295 e. The number of hydrogen-bond acceptors (Lipinski definition) is 2. The fraction of sp³-hybridized carbons (Fsp3) is 0.353. The van der Waals surface area contributed by atoms with Crippen LogP contribution < -0.4 is 5.32 Å². The first-order valence-electron chi connectivity index (χ1n) is 6.99. The van der Waals surface area contributed by atoms with Gasteiger partial charge >= 0.3 is 0 Å². The van der Waals surface area contributed by atoms with Crippen molar-refractivity contribution >= 4 is 0 Å². The van der Waals surface area contributed by atoms with Crippen molar-refractivity contribution < 1.29 is 0 Å². The predicted molar refractivity (Wildman–Crippen MR) is 80.0 cm³/mol. The van der Waals surface area contributed by atoms with Crippen molar-refractivity contribution in [1.29, 1.82) is 0 Å². The Bertz CT molecular complexity index is 467. The van der Waals surface area contributed by atoms with Gasteiger partial charge in [0.05, 0.1) is 0 Å². The van der Waals surface area contributed by atoms with Gasteiger partial charge in [0.2, 0.25) is 0 Å². The number of rotatable bonds is 6. The molecule has 0 aliphatic rings. The van der Waals surface area contributed by atoms with Crippen LogP contribution in [0.15, 0.2) is 54.9 Å². The highest BCUT2D eigenvalue weighted by atomic mass is 14.9. The smallest absolute Gasteiger partial charge is 0.0295 e. The SMILES string of the molecule is CCC(Cc1ccccc1)NC(C)c1ccncc1. The fourth-order valence-electron chi connectivity index (χ4n) is 2.32. The summed E-state index contributed by atoms with van der Waals surface area (Å²) in [4.78, 5) is 4.07. The van der Waals surface area contributed by atoms with Crippen LogP contribution in [0.5, 0.6) is 0 Å². The Morgan fingerprint density at radius 2 is 1.74 bits per heavy atom. The topological polar surface area (TPSA) is 24.9 Å². The Kier molecular flexibility index (Phi) is 5.10. The Morgan fingerprint density at radius 1 is 1.05 bits per heavy atom. The van der Waals surface area contributed by atoms with E-state index in [2.05, 4.69) is 66.6 Å². The van der Waals surface area contributed by atoms with E-state index in [4.69, 9.17) is 0 Å². The Labute approximate surface area is 115 Å². The molecule has 0 radical (unpaired) electrons. The van der Waals surface area contributed by atoms with Gasteiger partial charge in [0.1, 0.15) is 0 Å².